The average molecular weight is 771 g/mol. The van der Waals surface area contributed by atoms with Crippen LogP contribution in [-0.2, 0) is 13.1 Å². The fraction of sp³-hybridized carbons (Fsp3) is 0.108. The number of rotatable bonds is 4. The highest BCUT2D eigenvalue weighted by Crippen LogP contribution is 2.25. The lowest BCUT2D eigenvalue weighted by molar-refractivity contribution is 0.834. The topological polar surface area (TPSA) is 85.2 Å². The molecular formula is C37H30Cl2IN7. The van der Waals surface area contributed by atoms with E-state index in [-0.39, 0.29) is 14.9 Å². The first-order chi connectivity index (χ1) is 21.9. The Kier molecular flexibility index (Phi) is 10.4. The van der Waals surface area contributed by atoms with Gasteiger partial charge in [-0.2, -0.15) is 5.26 Å². The Hall–Kier alpha value is -4.56. The van der Waals surface area contributed by atoms with Gasteiger partial charge < -0.3 is 9.13 Å². The van der Waals surface area contributed by atoms with Crippen molar-refractivity contribution in [3.8, 4) is 6.07 Å². The van der Waals surface area contributed by atoms with Crippen LogP contribution in [0.2, 0.25) is 10.0 Å². The molecule has 0 saturated heterocycles. The third kappa shape index (κ3) is 7.08. The maximum Gasteiger partial charge on any atom is 0.101 e. The molecule has 0 aliphatic heterocycles. The van der Waals surface area contributed by atoms with E-state index in [1.165, 1.54) is 14.5 Å². The molecule has 7 nitrogen and oxygen atoms in total. The number of nitrogens with zero attached hydrogens (tertiary/aromatic N) is 7. The molecule has 0 aliphatic rings. The molecule has 6 heterocycles. The third-order valence-corrected chi connectivity index (χ3v) is 8.84. The standard InChI is InChI=1S/C18H11ClN4.C17H11ClIN3.2CH4/c19-15-6-13-5-12(1-2-17(13)22-8-15)10-23-11-14(7-20)16-3-4-21-9-18(16)23;18-13-6-12-5-11(1-2-16(12)21-7-13)9-22-10-15(19)14-3-4-20-8-17(14)22;;/h1-6,8-9,11H,10H2;1-8,10H,9H2;2*1H4. The number of benzene rings is 2. The van der Waals surface area contributed by atoms with E-state index in [4.69, 9.17) is 23.2 Å². The fourth-order valence-electron chi connectivity index (χ4n) is 5.48. The first kappa shape index (κ1) is 33.8. The van der Waals surface area contributed by atoms with E-state index < -0.39 is 0 Å². The molecule has 0 radical (unpaired) electrons. The summed E-state index contributed by atoms with van der Waals surface area (Å²) in [6.45, 7) is 1.46. The van der Waals surface area contributed by atoms with Crippen LogP contribution in [0.5, 0.6) is 0 Å². The van der Waals surface area contributed by atoms with E-state index >= 15 is 0 Å². The summed E-state index contributed by atoms with van der Waals surface area (Å²) in [5, 5.41) is 14.8. The van der Waals surface area contributed by atoms with Gasteiger partial charge in [0.2, 0.25) is 0 Å². The summed E-state index contributed by atoms with van der Waals surface area (Å²) in [4.78, 5) is 17.0. The highest BCUT2D eigenvalue weighted by Gasteiger charge is 2.10. The maximum absolute atomic E-state index is 9.28. The van der Waals surface area contributed by atoms with Crippen molar-refractivity contribution in [2.75, 3.05) is 0 Å². The molecule has 10 heteroatoms. The number of pyridine rings is 4. The zero-order valence-corrected chi connectivity index (χ0v) is 27.2. The summed E-state index contributed by atoms with van der Waals surface area (Å²) in [5.74, 6) is 0. The van der Waals surface area contributed by atoms with Gasteiger partial charge in [-0.05, 0) is 82.2 Å². The third-order valence-electron chi connectivity index (χ3n) is 7.57. The predicted molar refractivity (Wildman–Crippen MR) is 202 cm³/mol. The van der Waals surface area contributed by atoms with Crippen LogP contribution in [0.4, 0.5) is 0 Å². The molecule has 0 N–H and O–H groups in total. The highest BCUT2D eigenvalue weighted by molar-refractivity contribution is 14.1. The summed E-state index contributed by atoms with van der Waals surface area (Å²) in [5.41, 5.74) is 6.97. The molecule has 47 heavy (non-hydrogen) atoms. The Bertz CT molecular complexity index is 2410. The van der Waals surface area contributed by atoms with Crippen molar-refractivity contribution >= 4 is 89.4 Å². The molecule has 0 saturated carbocycles. The summed E-state index contributed by atoms with van der Waals surface area (Å²) < 4.78 is 5.50. The molecule has 0 bridgehead atoms. The lowest BCUT2D eigenvalue weighted by Gasteiger charge is -2.07. The van der Waals surface area contributed by atoms with Gasteiger partial charge in [0.15, 0.2) is 0 Å². The number of hydrogen-bond acceptors (Lipinski definition) is 5. The first-order valence-electron chi connectivity index (χ1n) is 13.9. The van der Waals surface area contributed by atoms with E-state index in [0.717, 1.165) is 50.3 Å². The van der Waals surface area contributed by atoms with Crippen molar-refractivity contribution in [1.82, 2.24) is 29.1 Å². The normalized spacial score (nSPS) is 10.7. The smallest absolute Gasteiger partial charge is 0.101 e. The minimum absolute atomic E-state index is 0. The SMILES string of the molecule is C.C.Clc1cnc2ccc(Cn3cc(I)c4ccncc43)cc2c1.N#Cc1cn(Cc2ccc3ncc(Cl)cc3c2)c2cnccc12. The number of hydrogen-bond donors (Lipinski definition) is 0. The summed E-state index contributed by atoms with van der Waals surface area (Å²) in [7, 11) is 0. The van der Waals surface area contributed by atoms with Crippen molar-refractivity contribution in [1.29, 1.82) is 5.26 Å². The molecule has 8 aromatic rings. The van der Waals surface area contributed by atoms with Crippen molar-refractivity contribution in [3.05, 3.63) is 141 Å². The Morgan fingerprint density at radius 2 is 1.17 bits per heavy atom. The summed E-state index contributed by atoms with van der Waals surface area (Å²) in [6, 6.07) is 22.4. The molecule has 0 fully saturated rings. The minimum Gasteiger partial charge on any atom is -0.341 e. The van der Waals surface area contributed by atoms with Crippen LogP contribution in [-0.4, -0.2) is 29.1 Å². The predicted octanol–water partition coefficient (Wildman–Crippen LogP) is 10.3. The Morgan fingerprint density at radius 1 is 0.660 bits per heavy atom. The molecule has 0 atom stereocenters. The Balaban J connectivity index is 0.000000177. The van der Waals surface area contributed by atoms with Gasteiger partial charge in [0.05, 0.1) is 50.1 Å². The van der Waals surface area contributed by atoms with E-state index in [1.807, 2.05) is 59.6 Å². The quantitative estimate of drug-likeness (QED) is 0.166. The minimum atomic E-state index is 0. The van der Waals surface area contributed by atoms with Gasteiger partial charge in [0.25, 0.3) is 0 Å². The van der Waals surface area contributed by atoms with Gasteiger partial charge in [0, 0.05) is 75.4 Å². The fourth-order valence-corrected chi connectivity index (χ4v) is 6.60. The largest absolute Gasteiger partial charge is 0.341 e. The van der Waals surface area contributed by atoms with Crippen LogP contribution < -0.4 is 0 Å². The zero-order valence-electron chi connectivity index (χ0n) is 23.6. The van der Waals surface area contributed by atoms with Gasteiger partial charge in [-0.3, -0.25) is 19.9 Å². The van der Waals surface area contributed by atoms with Gasteiger partial charge >= 0.3 is 0 Å². The van der Waals surface area contributed by atoms with Crippen LogP contribution in [0.3, 0.4) is 0 Å². The zero-order chi connectivity index (χ0) is 30.9. The van der Waals surface area contributed by atoms with Crippen LogP contribution in [0.1, 0.15) is 31.5 Å². The number of fused-ring (bicyclic) bond motifs is 4. The van der Waals surface area contributed by atoms with E-state index in [9.17, 15) is 5.26 Å². The molecule has 8 rings (SSSR count). The van der Waals surface area contributed by atoms with Crippen LogP contribution in [0.25, 0.3) is 43.6 Å². The molecule has 2 aromatic carbocycles. The van der Waals surface area contributed by atoms with Gasteiger partial charge in [-0.15, -0.1) is 0 Å². The second-order valence-electron chi connectivity index (χ2n) is 10.5. The maximum atomic E-state index is 9.28. The van der Waals surface area contributed by atoms with E-state index in [1.54, 1.807) is 24.8 Å². The van der Waals surface area contributed by atoms with E-state index in [2.05, 4.69) is 83.6 Å². The second kappa shape index (κ2) is 14.5. The highest BCUT2D eigenvalue weighted by atomic mass is 127. The Morgan fingerprint density at radius 3 is 1.72 bits per heavy atom. The molecule has 0 unspecified atom stereocenters. The molecule has 234 valence electrons. The summed E-state index contributed by atoms with van der Waals surface area (Å²) in [6.07, 6.45) is 14.6. The molecule has 0 amide bonds. The molecule has 6 aromatic heterocycles. The van der Waals surface area contributed by atoms with Crippen molar-refractivity contribution in [2.24, 2.45) is 0 Å². The van der Waals surface area contributed by atoms with Gasteiger partial charge in [-0.1, -0.05) is 50.2 Å². The Labute approximate surface area is 296 Å². The average Bonchev–Trinajstić information content (AvgIpc) is 3.57. The van der Waals surface area contributed by atoms with Crippen molar-refractivity contribution in [3.63, 3.8) is 0 Å². The van der Waals surface area contributed by atoms with Gasteiger partial charge in [-0.25, -0.2) is 0 Å². The summed E-state index contributed by atoms with van der Waals surface area (Å²) >= 11 is 14.4. The first-order valence-corrected chi connectivity index (χ1v) is 15.8. The van der Waals surface area contributed by atoms with Crippen LogP contribution in [0, 0.1) is 14.9 Å². The number of aromatic nitrogens is 6. The van der Waals surface area contributed by atoms with Gasteiger partial charge in [0.1, 0.15) is 6.07 Å². The van der Waals surface area contributed by atoms with Crippen molar-refractivity contribution in [2.45, 2.75) is 27.9 Å². The van der Waals surface area contributed by atoms with Crippen LogP contribution >= 0.6 is 45.8 Å². The lowest BCUT2D eigenvalue weighted by atomic mass is 10.1. The lowest BCUT2D eigenvalue weighted by Crippen LogP contribution is -1.98. The second-order valence-corrected chi connectivity index (χ2v) is 12.6. The molecule has 0 aliphatic carbocycles. The van der Waals surface area contributed by atoms with Crippen LogP contribution in [0.15, 0.2) is 110 Å². The van der Waals surface area contributed by atoms with E-state index in [0.29, 0.717) is 22.2 Å². The van der Waals surface area contributed by atoms with Crippen molar-refractivity contribution < 1.29 is 0 Å². The monoisotopic (exact) mass is 769 g/mol. The number of halogens is 3. The molecule has 0 spiro atoms. The number of nitriles is 1. The molecular weight excluding hydrogens is 740 g/mol.